The molecule has 1 fully saturated rings. The minimum Gasteiger partial charge on any atom is -0.508 e. The van der Waals surface area contributed by atoms with Gasteiger partial charge in [-0.3, -0.25) is 14.4 Å². The Hall–Kier alpha value is -2.44. The topological polar surface area (TPSA) is 162 Å². The van der Waals surface area contributed by atoms with Crippen LogP contribution >= 0.6 is 24.4 Å². The minimum atomic E-state index is -1.21. The third kappa shape index (κ3) is 7.81. The van der Waals surface area contributed by atoms with Crippen molar-refractivity contribution in [3.63, 3.8) is 0 Å². The van der Waals surface area contributed by atoms with Gasteiger partial charge in [0.15, 0.2) is 0 Å². The van der Waals surface area contributed by atoms with Crippen LogP contribution in [0.5, 0.6) is 5.75 Å². The number of carbonyl (C=O) groups is 4. The molecule has 6 N–H and O–H groups in total. The predicted molar refractivity (Wildman–Crippen MR) is 133 cm³/mol. The molecule has 0 spiro atoms. The molecule has 0 radical (unpaired) electrons. The van der Waals surface area contributed by atoms with E-state index in [1.807, 2.05) is 6.26 Å². The lowest BCUT2D eigenvalue weighted by molar-refractivity contribution is -0.144. The van der Waals surface area contributed by atoms with Crippen molar-refractivity contribution in [1.29, 1.82) is 0 Å². The fraction of sp³-hybridized carbons (Fsp3) is 0.545. The molecule has 34 heavy (non-hydrogen) atoms. The van der Waals surface area contributed by atoms with Crippen LogP contribution in [-0.2, 0) is 25.6 Å². The van der Waals surface area contributed by atoms with Crippen molar-refractivity contribution in [2.24, 2.45) is 5.73 Å². The highest BCUT2D eigenvalue weighted by molar-refractivity contribution is 7.98. The van der Waals surface area contributed by atoms with E-state index in [-0.39, 0.29) is 17.9 Å². The molecule has 0 aliphatic carbocycles. The van der Waals surface area contributed by atoms with Gasteiger partial charge < -0.3 is 31.5 Å². The maximum Gasteiger partial charge on any atom is 0.326 e. The van der Waals surface area contributed by atoms with Crippen molar-refractivity contribution in [2.75, 3.05) is 24.3 Å². The minimum absolute atomic E-state index is 0.0191. The molecular formula is C22H32N4O6S2. The number of nitrogens with one attached hydrogen (secondary N) is 2. The normalized spacial score (nSPS) is 18.1. The van der Waals surface area contributed by atoms with Crippen LogP contribution in [0.2, 0.25) is 0 Å². The predicted octanol–water partition coefficient (Wildman–Crippen LogP) is -0.00990. The molecule has 12 heteroatoms. The molecule has 1 heterocycles. The number of carboxylic acids is 1. The lowest BCUT2D eigenvalue weighted by Crippen LogP contribution is -2.57. The molecule has 188 valence electrons. The molecule has 1 saturated heterocycles. The van der Waals surface area contributed by atoms with E-state index in [1.54, 1.807) is 23.9 Å². The number of nitrogens with zero attached hydrogens (tertiary/aromatic N) is 1. The van der Waals surface area contributed by atoms with Gasteiger partial charge in [-0.15, -0.1) is 0 Å². The van der Waals surface area contributed by atoms with Crippen LogP contribution < -0.4 is 16.4 Å². The summed E-state index contributed by atoms with van der Waals surface area (Å²) in [6, 6.07) is 2.27. The zero-order chi connectivity index (χ0) is 25.3. The van der Waals surface area contributed by atoms with Crippen LogP contribution in [0.4, 0.5) is 0 Å². The lowest BCUT2D eigenvalue weighted by atomic mass is 10.0. The van der Waals surface area contributed by atoms with Gasteiger partial charge in [0.2, 0.25) is 17.7 Å². The average molecular weight is 513 g/mol. The number of phenols is 1. The summed E-state index contributed by atoms with van der Waals surface area (Å²) < 4.78 is 0. The Labute approximate surface area is 208 Å². The van der Waals surface area contributed by atoms with E-state index >= 15 is 0 Å². The Kier molecular flexibility index (Phi) is 11.0. The molecule has 2 rings (SSSR count). The van der Waals surface area contributed by atoms with Crippen molar-refractivity contribution >= 4 is 48.1 Å². The number of thioether (sulfide) groups is 1. The van der Waals surface area contributed by atoms with Gasteiger partial charge in [0.1, 0.15) is 23.9 Å². The second kappa shape index (κ2) is 13.4. The van der Waals surface area contributed by atoms with Gasteiger partial charge in [0.05, 0.1) is 6.04 Å². The van der Waals surface area contributed by atoms with Crippen molar-refractivity contribution in [3.8, 4) is 5.75 Å². The summed E-state index contributed by atoms with van der Waals surface area (Å²) in [5, 5.41) is 24.1. The summed E-state index contributed by atoms with van der Waals surface area (Å²) in [7, 11) is 0. The number of amides is 3. The van der Waals surface area contributed by atoms with Gasteiger partial charge in [0, 0.05) is 18.7 Å². The number of nitrogens with two attached hydrogens (primary N) is 1. The smallest absolute Gasteiger partial charge is 0.326 e. The monoisotopic (exact) mass is 512 g/mol. The number of benzene rings is 1. The van der Waals surface area contributed by atoms with E-state index in [9.17, 15) is 29.4 Å². The van der Waals surface area contributed by atoms with Crippen LogP contribution in [0.25, 0.3) is 0 Å². The van der Waals surface area contributed by atoms with E-state index < -0.39 is 47.9 Å². The number of rotatable bonds is 12. The molecule has 4 unspecified atom stereocenters. The number of phenolic OH excluding ortho intramolecular Hbond substituents is 1. The first-order valence-corrected chi connectivity index (χ1v) is 13.0. The second-order valence-corrected chi connectivity index (χ2v) is 9.44. The molecule has 1 aliphatic heterocycles. The van der Waals surface area contributed by atoms with Crippen LogP contribution in [-0.4, -0.2) is 87.3 Å². The number of carbonyl (C=O) groups excluding carboxylic acids is 3. The van der Waals surface area contributed by atoms with E-state index in [1.165, 1.54) is 17.0 Å². The van der Waals surface area contributed by atoms with E-state index in [2.05, 4.69) is 23.3 Å². The molecule has 0 aromatic heterocycles. The summed E-state index contributed by atoms with van der Waals surface area (Å²) in [6.07, 6.45) is 3.34. The molecule has 1 aliphatic rings. The number of hydrogen-bond acceptors (Lipinski definition) is 8. The quantitative estimate of drug-likeness (QED) is 0.213. The SMILES string of the molecule is CSCCC(N)C(=O)NC(CS)C(=O)N1CCCC1C(=O)NC(Cc1ccc(O)cc1)C(=O)O. The van der Waals surface area contributed by atoms with Crippen LogP contribution in [0, 0.1) is 0 Å². The van der Waals surface area contributed by atoms with Crippen molar-refractivity contribution in [2.45, 2.75) is 49.9 Å². The number of aromatic hydroxyl groups is 1. The molecule has 1 aromatic carbocycles. The van der Waals surface area contributed by atoms with Crippen LogP contribution in [0.1, 0.15) is 24.8 Å². The molecule has 1 aromatic rings. The standard InChI is InChI=1S/C22H32N4O6S2/c1-34-10-8-15(23)19(28)25-17(12-33)21(30)26-9-2-3-18(26)20(29)24-16(22(31)32)11-13-4-6-14(27)7-5-13/h4-7,15-18,27,33H,2-3,8-12,23H2,1H3,(H,24,29)(H,25,28)(H,31,32). The molecule has 3 amide bonds. The van der Waals surface area contributed by atoms with E-state index in [0.717, 1.165) is 0 Å². The molecule has 4 atom stereocenters. The summed E-state index contributed by atoms with van der Waals surface area (Å²) in [4.78, 5) is 51.5. The zero-order valence-corrected chi connectivity index (χ0v) is 20.7. The first kappa shape index (κ1) is 27.8. The number of carboxylic acid groups (broad SMARTS) is 1. The maximum atomic E-state index is 13.1. The second-order valence-electron chi connectivity index (χ2n) is 8.09. The van der Waals surface area contributed by atoms with Gasteiger partial charge >= 0.3 is 5.97 Å². The van der Waals surface area contributed by atoms with Crippen LogP contribution in [0.15, 0.2) is 24.3 Å². The summed E-state index contributed by atoms with van der Waals surface area (Å²) in [5.74, 6) is -1.91. The Morgan fingerprint density at radius 3 is 2.47 bits per heavy atom. The Bertz CT molecular complexity index is 869. The average Bonchev–Trinajstić information content (AvgIpc) is 3.31. The zero-order valence-electron chi connectivity index (χ0n) is 19.0. The first-order chi connectivity index (χ1) is 16.2. The van der Waals surface area contributed by atoms with E-state index in [0.29, 0.717) is 37.1 Å². The number of hydrogen-bond donors (Lipinski definition) is 6. The first-order valence-electron chi connectivity index (χ1n) is 10.9. The van der Waals surface area contributed by atoms with Gasteiger partial charge in [-0.25, -0.2) is 4.79 Å². The Balaban J connectivity index is 2.04. The van der Waals surface area contributed by atoms with Gasteiger partial charge in [-0.05, 0) is 49.0 Å². The Morgan fingerprint density at radius 1 is 1.21 bits per heavy atom. The van der Waals surface area contributed by atoms with Crippen LogP contribution in [0.3, 0.4) is 0 Å². The van der Waals surface area contributed by atoms with Gasteiger partial charge in [-0.2, -0.15) is 24.4 Å². The molecule has 0 saturated carbocycles. The van der Waals surface area contributed by atoms with Crippen molar-refractivity contribution in [3.05, 3.63) is 29.8 Å². The number of aliphatic carboxylic acids is 1. The van der Waals surface area contributed by atoms with Crippen molar-refractivity contribution in [1.82, 2.24) is 15.5 Å². The summed E-state index contributed by atoms with van der Waals surface area (Å²) in [6.45, 7) is 0.311. The fourth-order valence-corrected chi connectivity index (χ4v) is 4.42. The van der Waals surface area contributed by atoms with Gasteiger partial charge in [0.25, 0.3) is 0 Å². The lowest BCUT2D eigenvalue weighted by Gasteiger charge is -2.29. The highest BCUT2D eigenvalue weighted by Gasteiger charge is 2.38. The third-order valence-corrected chi connectivity index (χ3v) is 6.61. The maximum absolute atomic E-state index is 13.1. The Morgan fingerprint density at radius 2 is 1.88 bits per heavy atom. The molecular weight excluding hydrogens is 480 g/mol. The number of thiol groups is 1. The fourth-order valence-electron chi connectivity index (χ4n) is 3.68. The summed E-state index contributed by atoms with van der Waals surface area (Å²) in [5.41, 5.74) is 6.51. The summed E-state index contributed by atoms with van der Waals surface area (Å²) >= 11 is 5.75. The largest absolute Gasteiger partial charge is 0.508 e. The number of likely N-dealkylation sites (tertiary alicyclic amines) is 1. The van der Waals surface area contributed by atoms with Crippen molar-refractivity contribution < 1.29 is 29.4 Å². The third-order valence-electron chi connectivity index (χ3n) is 5.60. The molecule has 10 nitrogen and oxygen atoms in total. The van der Waals surface area contributed by atoms with E-state index in [4.69, 9.17) is 5.73 Å². The highest BCUT2D eigenvalue weighted by Crippen LogP contribution is 2.20. The van der Waals surface area contributed by atoms with Gasteiger partial charge in [-0.1, -0.05) is 12.1 Å². The molecule has 0 bridgehead atoms. The highest BCUT2D eigenvalue weighted by atomic mass is 32.2.